The first-order valence-electron chi connectivity index (χ1n) is 10.9. The Morgan fingerprint density at radius 1 is 1.10 bits per heavy atom. The SMILES string of the molecule is CC(C)(C)[C@@]1(/C=C/c2ccc(-c3cccc(F)c3)cn2)[C@H](O)C[C@@H]2CCCC[C@H]21. The molecule has 0 aliphatic heterocycles. The van der Waals surface area contributed by atoms with Crippen molar-refractivity contribution in [1.29, 1.82) is 0 Å². The molecule has 0 unspecified atom stereocenters. The van der Waals surface area contributed by atoms with Crippen LogP contribution in [0.2, 0.25) is 0 Å². The van der Waals surface area contributed by atoms with Gasteiger partial charge in [-0.15, -0.1) is 0 Å². The molecular formula is C26H32FNO. The van der Waals surface area contributed by atoms with Crippen molar-refractivity contribution in [3.05, 3.63) is 60.2 Å². The van der Waals surface area contributed by atoms with Crippen LogP contribution < -0.4 is 0 Å². The van der Waals surface area contributed by atoms with Gasteiger partial charge in [-0.2, -0.15) is 0 Å². The summed E-state index contributed by atoms with van der Waals surface area (Å²) in [5, 5.41) is 11.2. The van der Waals surface area contributed by atoms with Crippen molar-refractivity contribution < 1.29 is 9.50 Å². The second-order valence-corrected chi connectivity index (χ2v) is 9.90. The molecule has 4 atom stereocenters. The van der Waals surface area contributed by atoms with Gasteiger partial charge in [-0.25, -0.2) is 4.39 Å². The third-order valence-electron chi connectivity index (χ3n) is 7.37. The zero-order valence-electron chi connectivity index (χ0n) is 17.7. The molecule has 1 N–H and O–H groups in total. The van der Waals surface area contributed by atoms with Crippen LogP contribution in [0.15, 0.2) is 48.7 Å². The summed E-state index contributed by atoms with van der Waals surface area (Å²) < 4.78 is 13.5. The molecule has 0 spiro atoms. The summed E-state index contributed by atoms with van der Waals surface area (Å²) >= 11 is 0. The molecule has 2 aliphatic rings. The fraction of sp³-hybridized carbons (Fsp3) is 0.500. The Kier molecular flexibility index (Phi) is 5.37. The Morgan fingerprint density at radius 3 is 2.59 bits per heavy atom. The van der Waals surface area contributed by atoms with E-state index in [0.29, 0.717) is 11.8 Å². The van der Waals surface area contributed by atoms with Crippen LogP contribution in [0.1, 0.15) is 58.6 Å². The predicted octanol–water partition coefficient (Wildman–Crippen LogP) is 6.50. The highest BCUT2D eigenvalue weighted by Crippen LogP contribution is 2.61. The zero-order valence-corrected chi connectivity index (χ0v) is 17.7. The first-order chi connectivity index (χ1) is 13.8. The molecule has 2 fully saturated rings. The molecule has 2 aliphatic carbocycles. The summed E-state index contributed by atoms with van der Waals surface area (Å²) in [5.41, 5.74) is 2.36. The molecular weight excluding hydrogens is 361 g/mol. The van der Waals surface area contributed by atoms with Gasteiger partial charge in [-0.1, -0.05) is 64.3 Å². The van der Waals surface area contributed by atoms with E-state index in [4.69, 9.17) is 0 Å². The van der Waals surface area contributed by atoms with Crippen molar-refractivity contribution in [3.8, 4) is 11.1 Å². The molecule has 2 aromatic rings. The number of halogens is 1. The molecule has 0 saturated heterocycles. The number of aliphatic hydroxyl groups excluding tert-OH is 1. The highest BCUT2D eigenvalue weighted by molar-refractivity contribution is 5.63. The van der Waals surface area contributed by atoms with Crippen molar-refractivity contribution in [3.63, 3.8) is 0 Å². The summed E-state index contributed by atoms with van der Waals surface area (Å²) in [6.07, 6.45) is 11.8. The van der Waals surface area contributed by atoms with Gasteiger partial charge in [0.2, 0.25) is 0 Å². The minimum absolute atomic E-state index is 0.0266. The van der Waals surface area contributed by atoms with Gasteiger partial charge in [-0.3, -0.25) is 4.98 Å². The molecule has 1 heterocycles. The van der Waals surface area contributed by atoms with Gasteiger partial charge in [0.15, 0.2) is 0 Å². The van der Waals surface area contributed by atoms with Crippen molar-refractivity contribution in [2.75, 3.05) is 0 Å². The molecule has 0 radical (unpaired) electrons. The zero-order chi connectivity index (χ0) is 20.6. The molecule has 3 heteroatoms. The number of benzene rings is 1. The molecule has 1 aromatic carbocycles. The van der Waals surface area contributed by atoms with Crippen LogP contribution in [-0.2, 0) is 0 Å². The average Bonchev–Trinajstić information content (AvgIpc) is 2.99. The predicted molar refractivity (Wildman–Crippen MR) is 117 cm³/mol. The summed E-state index contributed by atoms with van der Waals surface area (Å²) in [6, 6.07) is 10.5. The van der Waals surface area contributed by atoms with Gasteiger partial charge in [0, 0.05) is 17.2 Å². The van der Waals surface area contributed by atoms with E-state index in [2.05, 4.69) is 37.9 Å². The third kappa shape index (κ3) is 3.66. The normalized spacial score (nSPS) is 29.9. The van der Waals surface area contributed by atoms with Crippen molar-refractivity contribution in [2.24, 2.45) is 22.7 Å². The van der Waals surface area contributed by atoms with Crippen molar-refractivity contribution in [2.45, 2.75) is 59.0 Å². The maximum absolute atomic E-state index is 13.5. The summed E-state index contributed by atoms with van der Waals surface area (Å²) in [6.45, 7) is 6.79. The van der Waals surface area contributed by atoms with Crippen LogP contribution in [0.3, 0.4) is 0 Å². The summed E-state index contributed by atoms with van der Waals surface area (Å²) in [7, 11) is 0. The molecule has 29 heavy (non-hydrogen) atoms. The second kappa shape index (κ2) is 7.68. The largest absolute Gasteiger partial charge is 0.392 e. The molecule has 154 valence electrons. The fourth-order valence-electron chi connectivity index (χ4n) is 5.95. The Morgan fingerprint density at radius 2 is 1.90 bits per heavy atom. The Balaban J connectivity index is 1.63. The van der Waals surface area contributed by atoms with E-state index in [0.717, 1.165) is 23.2 Å². The standard InChI is InChI=1S/C26H32FNO/c1-25(2,3)26(23-10-5-4-7-19(23)16-24(26)29)14-13-22-12-11-20(17-28-22)18-8-6-9-21(27)15-18/h6,8-9,11-15,17,19,23-24,29H,4-5,7,10,16H2,1-3H3/b14-13+/t19-,23+,24+,26+/m0/s1. The third-order valence-corrected chi connectivity index (χ3v) is 7.37. The maximum atomic E-state index is 13.5. The van der Waals surface area contributed by atoms with E-state index < -0.39 is 0 Å². The summed E-state index contributed by atoms with van der Waals surface area (Å²) in [5.74, 6) is 0.927. The number of aromatic nitrogens is 1. The Bertz CT molecular complexity index is 882. The van der Waals surface area contributed by atoms with Crippen LogP contribution in [0.25, 0.3) is 17.2 Å². The number of nitrogens with zero attached hydrogens (tertiary/aromatic N) is 1. The van der Waals surface area contributed by atoms with Gasteiger partial charge in [0.25, 0.3) is 0 Å². The van der Waals surface area contributed by atoms with E-state index in [1.165, 1.54) is 37.8 Å². The van der Waals surface area contributed by atoms with Crippen molar-refractivity contribution in [1.82, 2.24) is 4.98 Å². The van der Waals surface area contributed by atoms with E-state index in [9.17, 15) is 9.50 Å². The highest BCUT2D eigenvalue weighted by atomic mass is 19.1. The van der Waals surface area contributed by atoms with Crippen LogP contribution in [-0.4, -0.2) is 16.2 Å². The minimum Gasteiger partial charge on any atom is -0.392 e. The Hall–Kier alpha value is -2.00. The van der Waals surface area contributed by atoms with E-state index >= 15 is 0 Å². The number of hydrogen-bond donors (Lipinski definition) is 1. The lowest BCUT2D eigenvalue weighted by atomic mass is 9.56. The van der Waals surface area contributed by atoms with E-state index in [1.54, 1.807) is 12.3 Å². The van der Waals surface area contributed by atoms with E-state index in [1.807, 2.05) is 18.2 Å². The number of pyridine rings is 1. The molecule has 0 bridgehead atoms. The average molecular weight is 394 g/mol. The number of rotatable bonds is 3. The minimum atomic E-state index is -0.307. The van der Waals surface area contributed by atoms with Crippen molar-refractivity contribution >= 4 is 6.08 Å². The first-order valence-corrected chi connectivity index (χ1v) is 10.9. The Labute approximate surface area is 173 Å². The quantitative estimate of drug-likeness (QED) is 0.645. The number of aliphatic hydroxyl groups is 1. The molecule has 1 aromatic heterocycles. The lowest BCUT2D eigenvalue weighted by Crippen LogP contribution is -2.46. The van der Waals surface area contributed by atoms with Crippen LogP contribution in [0.4, 0.5) is 4.39 Å². The van der Waals surface area contributed by atoms with Gasteiger partial charge in [-0.05, 0) is 59.9 Å². The van der Waals surface area contributed by atoms with Gasteiger partial charge < -0.3 is 5.11 Å². The maximum Gasteiger partial charge on any atom is 0.123 e. The van der Waals surface area contributed by atoms with Gasteiger partial charge >= 0.3 is 0 Å². The fourth-order valence-corrected chi connectivity index (χ4v) is 5.95. The van der Waals surface area contributed by atoms with Crippen LogP contribution in [0, 0.1) is 28.5 Å². The van der Waals surface area contributed by atoms with Gasteiger partial charge in [0.05, 0.1) is 11.8 Å². The number of hydrogen-bond acceptors (Lipinski definition) is 2. The summed E-state index contributed by atoms with van der Waals surface area (Å²) in [4.78, 5) is 4.60. The number of fused-ring (bicyclic) bond motifs is 1. The molecule has 4 rings (SSSR count). The molecule has 2 nitrogen and oxygen atoms in total. The van der Waals surface area contributed by atoms with Crippen LogP contribution in [0.5, 0.6) is 0 Å². The first kappa shape index (κ1) is 20.3. The second-order valence-electron chi connectivity index (χ2n) is 9.90. The molecule has 2 saturated carbocycles. The lowest BCUT2D eigenvalue weighted by Gasteiger charge is -2.48. The molecule has 0 amide bonds. The topological polar surface area (TPSA) is 33.1 Å². The van der Waals surface area contributed by atoms with E-state index in [-0.39, 0.29) is 22.8 Å². The highest BCUT2D eigenvalue weighted by Gasteiger charge is 2.58. The van der Waals surface area contributed by atoms with Crippen LogP contribution >= 0.6 is 0 Å². The lowest BCUT2D eigenvalue weighted by molar-refractivity contribution is -0.0282. The monoisotopic (exact) mass is 393 g/mol. The smallest absolute Gasteiger partial charge is 0.123 e. The van der Waals surface area contributed by atoms with Gasteiger partial charge in [0.1, 0.15) is 5.82 Å².